The Bertz CT molecular complexity index is 593. The first-order chi connectivity index (χ1) is 15.2. The molecule has 1 heterocycles. The van der Waals surface area contributed by atoms with Gasteiger partial charge in [0.25, 0.3) is 0 Å². The maximum Gasteiger partial charge on any atom is 0.245 e. The van der Waals surface area contributed by atoms with Crippen molar-refractivity contribution in [2.75, 3.05) is 39.5 Å². The quantitative estimate of drug-likeness (QED) is 0.232. The highest BCUT2D eigenvalue weighted by atomic mass is 16.5. The van der Waals surface area contributed by atoms with Gasteiger partial charge in [-0.3, -0.25) is 14.4 Å². The molecule has 1 aliphatic heterocycles. The van der Waals surface area contributed by atoms with Gasteiger partial charge in [0, 0.05) is 46.3 Å². The molecule has 0 aromatic carbocycles. The van der Waals surface area contributed by atoms with Crippen LogP contribution >= 0.6 is 0 Å². The lowest BCUT2D eigenvalue weighted by atomic mass is 10.0. The Morgan fingerprint density at radius 2 is 1.81 bits per heavy atom. The fourth-order valence-electron chi connectivity index (χ4n) is 3.38. The summed E-state index contributed by atoms with van der Waals surface area (Å²) in [6, 6.07) is -1.04. The highest BCUT2D eigenvalue weighted by Gasteiger charge is 2.35. The highest BCUT2D eigenvalue weighted by molar-refractivity contribution is 5.87. The van der Waals surface area contributed by atoms with Gasteiger partial charge in [0.1, 0.15) is 30.5 Å². The standard InChI is InChI=1S/C20H37N3O9/c1-13(25)22-14(5-6-17(21)28)20(30)23-7-4-9-31-8-2-3-10-32-19(16(27)12-24)18(29)15(26)11-23/h14-16,18-19,24,26-27,29H,2-12H2,1H3,(H2,21,28)(H,22,25)/t14-,15+,16+,18+,19+/m0/s1. The van der Waals surface area contributed by atoms with Gasteiger partial charge in [-0.2, -0.15) is 0 Å². The third kappa shape index (κ3) is 10.2. The minimum Gasteiger partial charge on any atom is -0.394 e. The van der Waals surface area contributed by atoms with Crippen molar-refractivity contribution in [3.05, 3.63) is 0 Å². The Hall–Kier alpha value is -1.83. The van der Waals surface area contributed by atoms with Gasteiger partial charge in [-0.25, -0.2) is 0 Å². The van der Waals surface area contributed by atoms with Crippen molar-refractivity contribution in [3.63, 3.8) is 0 Å². The van der Waals surface area contributed by atoms with E-state index >= 15 is 0 Å². The highest BCUT2D eigenvalue weighted by Crippen LogP contribution is 2.14. The molecule has 12 nitrogen and oxygen atoms in total. The largest absolute Gasteiger partial charge is 0.394 e. The first-order valence-electron chi connectivity index (χ1n) is 10.9. The number of hydrogen-bond donors (Lipinski definition) is 6. The van der Waals surface area contributed by atoms with Gasteiger partial charge in [0.15, 0.2) is 0 Å². The summed E-state index contributed by atoms with van der Waals surface area (Å²) in [6.45, 7) is 1.38. The van der Waals surface area contributed by atoms with Crippen LogP contribution in [0.2, 0.25) is 0 Å². The number of primary amides is 1. The van der Waals surface area contributed by atoms with Crippen LogP contribution in [0.1, 0.15) is 39.0 Å². The molecule has 1 aliphatic rings. The molecule has 32 heavy (non-hydrogen) atoms. The molecule has 0 radical (unpaired) electrons. The summed E-state index contributed by atoms with van der Waals surface area (Å²) in [7, 11) is 0. The van der Waals surface area contributed by atoms with E-state index in [2.05, 4.69) is 5.32 Å². The van der Waals surface area contributed by atoms with Crippen LogP contribution in [0.15, 0.2) is 0 Å². The van der Waals surface area contributed by atoms with E-state index in [0.717, 1.165) is 0 Å². The number of rotatable bonds is 7. The minimum absolute atomic E-state index is 0.0195. The van der Waals surface area contributed by atoms with E-state index in [0.29, 0.717) is 32.5 Å². The van der Waals surface area contributed by atoms with E-state index in [-0.39, 0.29) is 32.5 Å². The van der Waals surface area contributed by atoms with Crippen molar-refractivity contribution >= 4 is 17.7 Å². The lowest BCUT2D eigenvalue weighted by Crippen LogP contribution is -2.55. The molecular weight excluding hydrogens is 426 g/mol. The summed E-state index contributed by atoms with van der Waals surface area (Å²) in [5.74, 6) is -1.66. The Morgan fingerprint density at radius 3 is 2.44 bits per heavy atom. The smallest absolute Gasteiger partial charge is 0.245 e. The predicted molar refractivity (Wildman–Crippen MR) is 112 cm³/mol. The van der Waals surface area contributed by atoms with Gasteiger partial charge >= 0.3 is 0 Å². The number of aliphatic hydroxyl groups excluding tert-OH is 4. The zero-order valence-electron chi connectivity index (χ0n) is 18.5. The molecule has 0 unspecified atom stereocenters. The summed E-state index contributed by atoms with van der Waals surface area (Å²) in [4.78, 5) is 37.1. The third-order valence-corrected chi connectivity index (χ3v) is 5.08. The summed E-state index contributed by atoms with van der Waals surface area (Å²) < 4.78 is 11.0. The molecule has 0 aromatic rings. The van der Waals surface area contributed by atoms with E-state index < -0.39 is 54.8 Å². The van der Waals surface area contributed by atoms with Crippen molar-refractivity contribution < 1.29 is 44.3 Å². The molecule has 3 amide bonds. The first kappa shape index (κ1) is 28.2. The first-order valence-corrected chi connectivity index (χ1v) is 10.9. The van der Waals surface area contributed by atoms with Crippen molar-refractivity contribution in [1.29, 1.82) is 0 Å². The monoisotopic (exact) mass is 463 g/mol. The molecule has 1 saturated heterocycles. The fourth-order valence-corrected chi connectivity index (χ4v) is 3.38. The molecule has 0 aliphatic carbocycles. The zero-order chi connectivity index (χ0) is 24.1. The van der Waals surface area contributed by atoms with Gasteiger partial charge in [-0.1, -0.05) is 0 Å². The van der Waals surface area contributed by atoms with Crippen LogP contribution in [0.25, 0.3) is 0 Å². The van der Waals surface area contributed by atoms with E-state index in [4.69, 9.17) is 15.2 Å². The zero-order valence-corrected chi connectivity index (χ0v) is 18.5. The lowest BCUT2D eigenvalue weighted by molar-refractivity contribution is -0.153. The Morgan fingerprint density at radius 1 is 1.16 bits per heavy atom. The SMILES string of the molecule is CC(=O)N[C@@H](CCC(N)=O)C(=O)N1CCCOCCCCO[C@H]([C@H](O)CO)[C@H](O)[C@H](O)C1. The number of ether oxygens (including phenoxy) is 2. The number of amides is 3. The molecule has 12 heteroatoms. The molecule has 0 spiro atoms. The molecule has 1 fully saturated rings. The Labute approximate surface area is 187 Å². The van der Waals surface area contributed by atoms with E-state index in [1.165, 1.54) is 11.8 Å². The van der Waals surface area contributed by atoms with Crippen LogP contribution in [-0.4, -0.2) is 113 Å². The predicted octanol–water partition coefficient (Wildman–Crippen LogP) is -2.75. The van der Waals surface area contributed by atoms with Crippen molar-refractivity contribution in [2.45, 2.75) is 69.5 Å². The Kier molecular flexibility index (Phi) is 13.3. The molecule has 7 N–H and O–H groups in total. The van der Waals surface area contributed by atoms with E-state index in [1.807, 2.05) is 0 Å². The van der Waals surface area contributed by atoms with Crippen LogP contribution in [0.5, 0.6) is 0 Å². The van der Waals surface area contributed by atoms with Crippen LogP contribution in [0.3, 0.4) is 0 Å². The maximum atomic E-state index is 13.1. The second kappa shape index (κ2) is 15.1. The van der Waals surface area contributed by atoms with Gasteiger partial charge in [0.05, 0.1) is 6.61 Å². The molecule has 1 rings (SSSR count). The summed E-state index contributed by atoms with van der Waals surface area (Å²) >= 11 is 0. The molecular formula is C20H37N3O9. The molecule has 0 saturated carbocycles. The van der Waals surface area contributed by atoms with Crippen LogP contribution < -0.4 is 11.1 Å². The topological polar surface area (TPSA) is 192 Å². The van der Waals surface area contributed by atoms with E-state index in [9.17, 15) is 34.8 Å². The Balaban J connectivity index is 3.04. The van der Waals surface area contributed by atoms with Crippen LogP contribution in [-0.2, 0) is 23.9 Å². The van der Waals surface area contributed by atoms with Crippen LogP contribution in [0.4, 0.5) is 0 Å². The average molecular weight is 464 g/mol. The number of hydrogen-bond acceptors (Lipinski definition) is 9. The van der Waals surface area contributed by atoms with Crippen molar-refractivity contribution in [3.8, 4) is 0 Å². The number of β-amino-alcohol motifs (C(OH)–C–C–N with tert-alkyl or cyclic N) is 1. The summed E-state index contributed by atoms with van der Waals surface area (Å²) in [5, 5.41) is 42.9. The number of carbonyl (C=O) groups is 3. The number of aliphatic hydroxyl groups is 4. The molecule has 186 valence electrons. The van der Waals surface area contributed by atoms with Crippen molar-refractivity contribution in [1.82, 2.24) is 10.2 Å². The van der Waals surface area contributed by atoms with Gasteiger partial charge in [0.2, 0.25) is 17.7 Å². The second-order valence-corrected chi connectivity index (χ2v) is 7.86. The molecule has 0 bridgehead atoms. The average Bonchev–Trinajstić information content (AvgIpc) is 2.74. The normalized spacial score (nSPS) is 25.9. The summed E-state index contributed by atoms with van der Waals surface area (Å²) in [5.41, 5.74) is 5.17. The third-order valence-electron chi connectivity index (χ3n) is 5.08. The van der Waals surface area contributed by atoms with E-state index in [1.54, 1.807) is 0 Å². The molecule has 5 atom stereocenters. The van der Waals surface area contributed by atoms with Gasteiger partial charge in [-0.15, -0.1) is 0 Å². The van der Waals surface area contributed by atoms with Gasteiger partial charge < -0.3 is 45.9 Å². The maximum absolute atomic E-state index is 13.1. The number of nitrogens with one attached hydrogen (secondary N) is 1. The number of carbonyl (C=O) groups excluding carboxylic acids is 3. The van der Waals surface area contributed by atoms with Crippen LogP contribution in [0, 0.1) is 0 Å². The second-order valence-electron chi connectivity index (χ2n) is 7.86. The summed E-state index contributed by atoms with van der Waals surface area (Å²) in [6.07, 6.45) is -4.24. The minimum atomic E-state index is -1.59. The van der Waals surface area contributed by atoms with Gasteiger partial charge in [-0.05, 0) is 25.7 Å². The van der Waals surface area contributed by atoms with Crippen molar-refractivity contribution in [2.24, 2.45) is 5.73 Å². The lowest BCUT2D eigenvalue weighted by Gasteiger charge is -2.34. The molecule has 0 aromatic heterocycles. The fraction of sp³-hybridized carbons (Fsp3) is 0.850. The number of nitrogens with two attached hydrogens (primary N) is 1. The number of nitrogens with zero attached hydrogens (tertiary/aromatic N) is 1.